The number of carbonyl (C=O) groups is 1. The van der Waals surface area contributed by atoms with Gasteiger partial charge >= 0.3 is 0 Å². The summed E-state index contributed by atoms with van der Waals surface area (Å²) in [5, 5.41) is 1.79. The summed E-state index contributed by atoms with van der Waals surface area (Å²) >= 11 is 0. The summed E-state index contributed by atoms with van der Waals surface area (Å²) in [6.07, 6.45) is 6.09. The van der Waals surface area contributed by atoms with Gasteiger partial charge in [-0.15, -0.1) is 0 Å². The number of ketones is 1. The number of ether oxygens (including phenoxy) is 1. The number of fused-ring (bicyclic) bond motifs is 1. The van der Waals surface area contributed by atoms with Crippen LogP contribution in [0.25, 0.3) is 6.08 Å². The molecule has 0 aromatic heterocycles. The van der Waals surface area contributed by atoms with Crippen LogP contribution in [0.3, 0.4) is 0 Å². The summed E-state index contributed by atoms with van der Waals surface area (Å²) in [6.45, 7) is 2.02. The number of benzene rings is 3. The van der Waals surface area contributed by atoms with Crippen LogP contribution in [-0.2, 0) is 4.84 Å². The Labute approximate surface area is 188 Å². The minimum absolute atomic E-state index is 0.0608. The zero-order valence-electron chi connectivity index (χ0n) is 18.1. The van der Waals surface area contributed by atoms with Gasteiger partial charge in [0, 0.05) is 11.5 Å². The Morgan fingerprint density at radius 2 is 1.69 bits per heavy atom. The Morgan fingerprint density at radius 1 is 0.969 bits per heavy atom. The van der Waals surface area contributed by atoms with Crippen molar-refractivity contribution in [1.29, 1.82) is 0 Å². The highest BCUT2D eigenvalue weighted by molar-refractivity contribution is 6.03. The van der Waals surface area contributed by atoms with Crippen molar-refractivity contribution >= 4 is 17.5 Å². The fourth-order valence-corrected chi connectivity index (χ4v) is 4.42. The topological polar surface area (TPSA) is 38.8 Å². The first-order valence-corrected chi connectivity index (χ1v) is 10.8. The summed E-state index contributed by atoms with van der Waals surface area (Å²) < 4.78 is 5.27. The number of anilines is 1. The second kappa shape index (κ2) is 8.48. The largest absolute Gasteiger partial charge is 0.497 e. The van der Waals surface area contributed by atoms with Crippen LogP contribution in [0.1, 0.15) is 21.5 Å². The molecule has 3 aromatic rings. The summed E-state index contributed by atoms with van der Waals surface area (Å²) in [5.74, 6) is 0.788. The normalized spacial score (nSPS) is 22.9. The maximum atomic E-state index is 13.8. The minimum Gasteiger partial charge on any atom is -0.497 e. The zero-order valence-corrected chi connectivity index (χ0v) is 18.1. The SMILES string of the molecule is COc1ccc(/C=C2\C=C[C@H]3ON(c4ccccc4)[C@H](C(=O)c4ccc(C)cc4)[C@@H]23)cc1. The van der Waals surface area contributed by atoms with Crippen molar-refractivity contribution in [3.05, 3.63) is 113 Å². The number of aryl methyl sites for hydroxylation is 1. The first-order chi connectivity index (χ1) is 15.6. The van der Waals surface area contributed by atoms with Gasteiger partial charge in [-0.25, -0.2) is 5.06 Å². The molecule has 3 atom stereocenters. The average Bonchev–Trinajstić information content (AvgIpc) is 3.40. The van der Waals surface area contributed by atoms with Gasteiger partial charge in [0.15, 0.2) is 5.78 Å². The lowest BCUT2D eigenvalue weighted by Gasteiger charge is -2.26. The number of carbonyl (C=O) groups excluding carboxylic acids is 1. The molecule has 1 aliphatic carbocycles. The summed E-state index contributed by atoms with van der Waals surface area (Å²) in [4.78, 5) is 20.1. The maximum Gasteiger partial charge on any atom is 0.188 e. The molecule has 0 spiro atoms. The smallest absolute Gasteiger partial charge is 0.188 e. The summed E-state index contributed by atoms with van der Waals surface area (Å²) in [6, 6.07) is 25.1. The van der Waals surface area contributed by atoms with Crippen molar-refractivity contribution in [2.45, 2.75) is 19.1 Å². The van der Waals surface area contributed by atoms with E-state index in [1.807, 2.05) is 85.8 Å². The molecule has 0 radical (unpaired) electrons. The Bertz CT molecular complexity index is 1160. The predicted octanol–water partition coefficient (Wildman–Crippen LogP) is 5.64. The molecule has 0 bridgehead atoms. The lowest BCUT2D eigenvalue weighted by Crippen LogP contribution is -2.40. The second-order valence-corrected chi connectivity index (χ2v) is 8.21. The van der Waals surface area contributed by atoms with E-state index >= 15 is 0 Å². The third kappa shape index (κ3) is 3.74. The molecule has 4 nitrogen and oxygen atoms in total. The predicted molar refractivity (Wildman–Crippen MR) is 127 cm³/mol. The fourth-order valence-electron chi connectivity index (χ4n) is 4.42. The molecular formula is C28H25NO3. The van der Waals surface area contributed by atoms with Crippen molar-refractivity contribution in [3.8, 4) is 5.75 Å². The third-order valence-corrected chi connectivity index (χ3v) is 6.11. The van der Waals surface area contributed by atoms with E-state index in [-0.39, 0.29) is 17.8 Å². The van der Waals surface area contributed by atoms with Gasteiger partial charge in [0.2, 0.25) is 0 Å². The van der Waals surface area contributed by atoms with Crippen molar-refractivity contribution in [1.82, 2.24) is 0 Å². The van der Waals surface area contributed by atoms with E-state index in [1.54, 1.807) is 12.2 Å². The van der Waals surface area contributed by atoms with E-state index in [0.717, 1.165) is 28.1 Å². The number of hydroxylamine groups is 1. The Balaban J connectivity index is 1.54. The molecule has 1 fully saturated rings. The lowest BCUT2D eigenvalue weighted by molar-refractivity contribution is 0.0885. The number of nitrogens with zero attached hydrogens (tertiary/aromatic N) is 1. The number of rotatable bonds is 5. The van der Waals surface area contributed by atoms with Gasteiger partial charge in [0.05, 0.1) is 12.8 Å². The van der Waals surface area contributed by atoms with Crippen LogP contribution >= 0.6 is 0 Å². The molecular weight excluding hydrogens is 398 g/mol. The molecule has 0 unspecified atom stereocenters. The maximum absolute atomic E-state index is 13.8. The first-order valence-electron chi connectivity index (χ1n) is 10.8. The quantitative estimate of drug-likeness (QED) is 0.498. The lowest BCUT2D eigenvalue weighted by atomic mass is 9.86. The standard InChI is InChI=1S/C28H25NO3/c1-19-8-12-21(13-9-19)28(30)27-26-22(18-20-10-15-24(31-2)16-11-20)14-17-25(26)32-29(27)23-6-4-3-5-7-23/h3-18,25-27H,1-2H3/b22-18+/t25-,26+,27+/m1/s1. The average molecular weight is 424 g/mol. The highest BCUT2D eigenvalue weighted by Gasteiger charge is 2.50. The molecule has 1 heterocycles. The van der Waals surface area contributed by atoms with Crippen LogP contribution in [0.5, 0.6) is 5.75 Å². The van der Waals surface area contributed by atoms with Crippen molar-refractivity contribution in [3.63, 3.8) is 0 Å². The zero-order chi connectivity index (χ0) is 22.1. The van der Waals surface area contributed by atoms with Gasteiger partial charge < -0.3 is 4.74 Å². The molecule has 2 aliphatic rings. The second-order valence-electron chi connectivity index (χ2n) is 8.21. The number of allylic oxidation sites excluding steroid dienone is 1. The van der Waals surface area contributed by atoms with Gasteiger partial charge in [-0.1, -0.05) is 78.4 Å². The van der Waals surface area contributed by atoms with Crippen LogP contribution in [0.15, 0.2) is 96.6 Å². The molecule has 1 saturated heterocycles. The highest BCUT2D eigenvalue weighted by atomic mass is 16.7. The van der Waals surface area contributed by atoms with Crippen LogP contribution in [0.4, 0.5) is 5.69 Å². The molecule has 4 heteroatoms. The van der Waals surface area contributed by atoms with E-state index in [9.17, 15) is 4.79 Å². The van der Waals surface area contributed by atoms with Crippen LogP contribution < -0.4 is 9.80 Å². The number of hydrogen-bond acceptors (Lipinski definition) is 4. The molecule has 0 amide bonds. The van der Waals surface area contributed by atoms with Gasteiger partial charge in [-0.05, 0) is 42.3 Å². The fraction of sp³-hybridized carbons (Fsp3) is 0.179. The number of para-hydroxylation sites is 1. The van der Waals surface area contributed by atoms with Gasteiger partial charge in [-0.3, -0.25) is 9.63 Å². The van der Waals surface area contributed by atoms with E-state index < -0.39 is 6.04 Å². The molecule has 3 aromatic carbocycles. The molecule has 5 rings (SSSR count). The Kier molecular flexibility index (Phi) is 5.38. The van der Waals surface area contributed by atoms with Gasteiger partial charge in [-0.2, -0.15) is 0 Å². The summed E-state index contributed by atoms with van der Waals surface area (Å²) in [7, 11) is 1.66. The monoisotopic (exact) mass is 423 g/mol. The summed E-state index contributed by atoms with van der Waals surface area (Å²) in [5.41, 5.74) is 4.85. The van der Waals surface area contributed by atoms with E-state index in [1.165, 1.54) is 0 Å². The molecule has 32 heavy (non-hydrogen) atoms. The minimum atomic E-state index is -0.454. The van der Waals surface area contributed by atoms with Gasteiger partial charge in [0.1, 0.15) is 17.9 Å². The van der Waals surface area contributed by atoms with Crippen molar-refractivity contribution in [2.24, 2.45) is 5.92 Å². The van der Waals surface area contributed by atoms with E-state index in [0.29, 0.717) is 5.56 Å². The number of methoxy groups -OCH3 is 1. The third-order valence-electron chi connectivity index (χ3n) is 6.11. The van der Waals surface area contributed by atoms with Crippen LogP contribution in [-0.4, -0.2) is 25.0 Å². The molecule has 0 saturated carbocycles. The molecule has 1 aliphatic heterocycles. The van der Waals surface area contributed by atoms with E-state index in [4.69, 9.17) is 9.57 Å². The van der Waals surface area contributed by atoms with Crippen LogP contribution in [0, 0.1) is 12.8 Å². The highest BCUT2D eigenvalue weighted by Crippen LogP contribution is 2.43. The van der Waals surface area contributed by atoms with Crippen LogP contribution in [0.2, 0.25) is 0 Å². The molecule has 160 valence electrons. The van der Waals surface area contributed by atoms with Gasteiger partial charge in [0.25, 0.3) is 0 Å². The number of hydrogen-bond donors (Lipinski definition) is 0. The van der Waals surface area contributed by atoms with Crippen molar-refractivity contribution < 1.29 is 14.4 Å². The Morgan fingerprint density at radius 3 is 2.38 bits per heavy atom. The van der Waals surface area contributed by atoms with Crippen molar-refractivity contribution in [2.75, 3.05) is 12.2 Å². The Hall–Kier alpha value is -3.63. The number of Topliss-reactive ketones (excluding diaryl/α,β-unsaturated/α-hetero) is 1. The molecule has 0 N–H and O–H groups in total. The van der Waals surface area contributed by atoms with E-state index in [2.05, 4.69) is 18.2 Å². The first kappa shape index (κ1) is 20.3.